The van der Waals surface area contributed by atoms with E-state index in [9.17, 15) is 9.90 Å². The molecule has 3 fully saturated rings. The summed E-state index contributed by atoms with van der Waals surface area (Å²) in [6.45, 7) is 5.12. The Kier molecular flexibility index (Phi) is 6.06. The number of fused-ring (bicyclic) bond motifs is 5. The number of nitrogens with one attached hydrogen (secondary N) is 1. The molecule has 33 heavy (non-hydrogen) atoms. The van der Waals surface area contributed by atoms with Gasteiger partial charge in [0.2, 0.25) is 0 Å². The molecule has 0 radical (unpaired) electrons. The third-order valence-electron chi connectivity index (χ3n) is 9.50. The highest BCUT2D eigenvalue weighted by atomic mass is 16.6. The quantitative estimate of drug-likeness (QED) is 0.650. The van der Waals surface area contributed by atoms with Crippen molar-refractivity contribution >= 4 is 11.6 Å². The van der Waals surface area contributed by atoms with Crippen LogP contribution in [-0.4, -0.2) is 34.4 Å². The van der Waals surface area contributed by atoms with E-state index in [2.05, 4.69) is 35.4 Å². The van der Waals surface area contributed by atoms with Crippen molar-refractivity contribution in [1.82, 2.24) is 10.3 Å². The summed E-state index contributed by atoms with van der Waals surface area (Å²) >= 11 is 0. The number of carbonyl (C=O) groups is 1. The van der Waals surface area contributed by atoms with Gasteiger partial charge in [0.1, 0.15) is 0 Å². The average Bonchev–Trinajstić information content (AvgIpc) is 3.13. The molecule has 1 amide bonds. The number of hydrogen-bond acceptors (Lipinski definition) is 5. The van der Waals surface area contributed by atoms with Crippen LogP contribution in [0, 0.1) is 28.6 Å². The van der Waals surface area contributed by atoms with Crippen LogP contribution in [0.2, 0.25) is 0 Å². The Balaban J connectivity index is 1.19. The van der Waals surface area contributed by atoms with Crippen molar-refractivity contribution in [2.24, 2.45) is 33.7 Å². The van der Waals surface area contributed by atoms with Crippen molar-refractivity contribution in [3.63, 3.8) is 0 Å². The summed E-state index contributed by atoms with van der Waals surface area (Å²) in [7, 11) is 0. The summed E-state index contributed by atoms with van der Waals surface area (Å²) in [5.41, 5.74) is 3.65. The Labute approximate surface area is 196 Å². The molecular formula is C27H37N3O3. The van der Waals surface area contributed by atoms with E-state index in [-0.39, 0.29) is 29.4 Å². The van der Waals surface area contributed by atoms with Crippen LogP contribution in [-0.2, 0) is 16.2 Å². The molecule has 0 spiro atoms. The normalized spacial score (nSPS) is 38.6. The molecule has 2 N–H and O–H groups in total. The van der Waals surface area contributed by atoms with Gasteiger partial charge in [0, 0.05) is 6.20 Å². The topological polar surface area (TPSA) is 83.8 Å². The largest absolute Gasteiger partial charge is 0.393 e. The highest BCUT2D eigenvalue weighted by Gasteiger charge is 2.58. The number of rotatable bonds is 5. The lowest BCUT2D eigenvalue weighted by molar-refractivity contribution is -0.125. The first-order chi connectivity index (χ1) is 15.9. The Morgan fingerprint density at radius 1 is 1.18 bits per heavy atom. The molecule has 6 atom stereocenters. The fraction of sp³-hybridized carbons (Fsp3) is 0.667. The Bertz CT molecular complexity index is 945. The van der Waals surface area contributed by atoms with Gasteiger partial charge in [-0.15, -0.1) is 0 Å². The van der Waals surface area contributed by atoms with Gasteiger partial charge in [-0.3, -0.25) is 9.78 Å². The van der Waals surface area contributed by atoms with Crippen LogP contribution in [0.25, 0.3) is 0 Å². The number of pyridine rings is 1. The monoisotopic (exact) mass is 451 g/mol. The van der Waals surface area contributed by atoms with E-state index in [0.717, 1.165) is 49.4 Å². The minimum atomic E-state index is -0.192. The first-order valence-corrected chi connectivity index (χ1v) is 12.6. The summed E-state index contributed by atoms with van der Waals surface area (Å²) in [4.78, 5) is 21.7. The number of carbonyl (C=O) groups excluding carboxylic acids is 1. The standard InChI is InChI=1S/C27H37N3O3/c1-26-12-10-19(30-33-17-25(32)29-16-20-5-3-4-14-28-20)15-18(26)6-7-21-22-8-9-24(31)27(22,2)13-11-23(21)26/h3-5,14-15,21-24,31H,6-13,16-17H2,1-2H3,(H,29,32)/t21-,22-,23+,24-,26-,27-/m0/s1. The molecule has 4 aliphatic carbocycles. The fourth-order valence-electron chi connectivity index (χ4n) is 7.53. The van der Waals surface area contributed by atoms with E-state index >= 15 is 0 Å². The molecule has 1 aromatic heterocycles. The highest BCUT2D eigenvalue weighted by Crippen LogP contribution is 2.65. The molecule has 3 saturated carbocycles. The molecule has 0 aromatic carbocycles. The number of aromatic nitrogens is 1. The summed E-state index contributed by atoms with van der Waals surface area (Å²) in [5, 5.41) is 17.8. The van der Waals surface area contributed by atoms with Gasteiger partial charge in [-0.1, -0.05) is 30.6 Å². The van der Waals surface area contributed by atoms with E-state index < -0.39 is 0 Å². The van der Waals surface area contributed by atoms with Gasteiger partial charge in [0.25, 0.3) is 5.91 Å². The number of aliphatic hydroxyl groups is 1. The minimum Gasteiger partial charge on any atom is -0.393 e. The van der Waals surface area contributed by atoms with Gasteiger partial charge in [-0.05, 0) is 98.2 Å². The van der Waals surface area contributed by atoms with Crippen LogP contribution < -0.4 is 5.32 Å². The van der Waals surface area contributed by atoms with Crippen molar-refractivity contribution in [3.05, 3.63) is 41.7 Å². The molecule has 6 heteroatoms. The molecule has 0 saturated heterocycles. The highest BCUT2D eigenvalue weighted by molar-refractivity contribution is 5.96. The first kappa shape index (κ1) is 22.6. The zero-order valence-electron chi connectivity index (χ0n) is 19.9. The number of oxime groups is 1. The third-order valence-corrected chi connectivity index (χ3v) is 9.50. The van der Waals surface area contributed by atoms with Crippen LogP contribution in [0.3, 0.4) is 0 Å². The van der Waals surface area contributed by atoms with Crippen LogP contribution >= 0.6 is 0 Å². The lowest BCUT2D eigenvalue weighted by atomic mass is 9.47. The molecule has 1 heterocycles. The maximum atomic E-state index is 12.1. The van der Waals surface area contributed by atoms with Gasteiger partial charge in [-0.25, -0.2) is 0 Å². The van der Waals surface area contributed by atoms with E-state index in [1.807, 2.05) is 18.2 Å². The lowest BCUT2D eigenvalue weighted by Gasteiger charge is -2.57. The maximum Gasteiger partial charge on any atom is 0.261 e. The molecule has 5 rings (SSSR count). The smallest absolute Gasteiger partial charge is 0.261 e. The molecule has 0 aliphatic heterocycles. The second-order valence-corrected chi connectivity index (χ2v) is 11.1. The van der Waals surface area contributed by atoms with Crippen molar-refractivity contribution < 1.29 is 14.7 Å². The van der Waals surface area contributed by atoms with E-state index in [4.69, 9.17) is 4.84 Å². The second-order valence-electron chi connectivity index (χ2n) is 11.1. The fourth-order valence-corrected chi connectivity index (χ4v) is 7.53. The zero-order chi connectivity index (χ0) is 23.1. The van der Waals surface area contributed by atoms with E-state index in [0.29, 0.717) is 18.4 Å². The molecular weight excluding hydrogens is 414 g/mol. The Morgan fingerprint density at radius 3 is 2.88 bits per heavy atom. The van der Waals surface area contributed by atoms with Crippen molar-refractivity contribution in [1.29, 1.82) is 0 Å². The lowest BCUT2D eigenvalue weighted by Crippen LogP contribution is -2.51. The number of hydrogen-bond donors (Lipinski definition) is 2. The molecule has 0 unspecified atom stereocenters. The van der Waals surface area contributed by atoms with Crippen molar-refractivity contribution in [2.75, 3.05) is 6.61 Å². The predicted octanol–water partition coefficient (Wildman–Crippen LogP) is 4.39. The molecule has 178 valence electrons. The third kappa shape index (κ3) is 4.11. The number of nitrogens with zero attached hydrogens (tertiary/aromatic N) is 2. The van der Waals surface area contributed by atoms with Crippen LogP contribution in [0.1, 0.15) is 70.9 Å². The summed E-state index contributed by atoms with van der Waals surface area (Å²) in [6, 6.07) is 5.63. The van der Waals surface area contributed by atoms with E-state index in [1.54, 1.807) is 6.20 Å². The van der Waals surface area contributed by atoms with Crippen LogP contribution in [0.15, 0.2) is 41.2 Å². The van der Waals surface area contributed by atoms with Gasteiger partial charge in [-0.2, -0.15) is 0 Å². The van der Waals surface area contributed by atoms with E-state index in [1.165, 1.54) is 24.8 Å². The minimum absolute atomic E-state index is 0.0793. The van der Waals surface area contributed by atoms with Crippen molar-refractivity contribution in [2.45, 2.75) is 77.9 Å². The zero-order valence-corrected chi connectivity index (χ0v) is 19.9. The summed E-state index contributed by atoms with van der Waals surface area (Å²) in [5.74, 6) is 1.93. The van der Waals surface area contributed by atoms with Gasteiger partial charge in [0.05, 0.1) is 24.1 Å². The predicted molar refractivity (Wildman–Crippen MR) is 127 cm³/mol. The average molecular weight is 452 g/mol. The summed E-state index contributed by atoms with van der Waals surface area (Å²) < 4.78 is 0. The van der Waals surface area contributed by atoms with Gasteiger partial charge < -0.3 is 15.3 Å². The maximum absolute atomic E-state index is 12.1. The number of allylic oxidation sites excluding steroid dienone is 2. The SMILES string of the molecule is C[C@]12CC[C@@H]3[C@@H](CCC4=CC(=NOCC(=O)NCc5ccccn5)CC[C@@]43C)[C@@H]1CC[C@@H]2O. The summed E-state index contributed by atoms with van der Waals surface area (Å²) in [6.07, 6.45) is 12.7. The molecule has 1 aromatic rings. The number of aliphatic hydroxyl groups excluding tert-OH is 1. The van der Waals surface area contributed by atoms with Crippen LogP contribution in [0.4, 0.5) is 0 Å². The number of amides is 1. The molecule has 6 nitrogen and oxygen atoms in total. The first-order valence-electron chi connectivity index (χ1n) is 12.6. The molecule has 4 aliphatic rings. The Morgan fingerprint density at radius 2 is 2.06 bits per heavy atom. The van der Waals surface area contributed by atoms with Crippen LogP contribution in [0.5, 0.6) is 0 Å². The van der Waals surface area contributed by atoms with Gasteiger partial charge in [0.15, 0.2) is 6.61 Å². The van der Waals surface area contributed by atoms with Crippen molar-refractivity contribution in [3.8, 4) is 0 Å². The second kappa shape index (κ2) is 8.86. The van der Waals surface area contributed by atoms with Gasteiger partial charge >= 0.3 is 0 Å². The Hall–Kier alpha value is -2.21. The molecule has 0 bridgehead atoms.